The molecule has 2 aromatic rings. The van der Waals surface area contributed by atoms with Crippen LogP contribution in [0.5, 0.6) is 5.75 Å². The van der Waals surface area contributed by atoms with Crippen molar-refractivity contribution < 1.29 is 23.8 Å². The molecule has 0 aliphatic heterocycles. The molecule has 7 nitrogen and oxygen atoms in total. The lowest BCUT2D eigenvalue weighted by Gasteiger charge is -2.16. The third kappa shape index (κ3) is 4.44. The summed E-state index contributed by atoms with van der Waals surface area (Å²) in [6.45, 7) is -0.321. The largest absolute Gasteiger partial charge is 0.484 e. The highest BCUT2D eigenvalue weighted by molar-refractivity contribution is 7.98. The molecule has 1 atom stereocenters. The minimum atomic E-state index is -1.09. The van der Waals surface area contributed by atoms with Crippen molar-refractivity contribution >= 4 is 34.6 Å². The Morgan fingerprint density at radius 3 is 2.74 bits per heavy atom. The fourth-order valence-electron chi connectivity index (χ4n) is 3.24. The van der Waals surface area contributed by atoms with Crippen LogP contribution in [-0.2, 0) is 22.4 Å². The lowest BCUT2D eigenvalue weighted by Crippen LogP contribution is -2.44. The van der Waals surface area contributed by atoms with Gasteiger partial charge in [0.1, 0.15) is 17.4 Å². The number of thioether (sulfide) groups is 1. The van der Waals surface area contributed by atoms with Crippen LogP contribution in [0.15, 0.2) is 27.4 Å². The second-order valence-corrected chi connectivity index (χ2v) is 7.32. The first-order valence-corrected chi connectivity index (χ1v) is 10.1. The number of carbonyl (C=O) groups is 2. The maximum atomic E-state index is 12.2. The number of carboxylic acids is 1. The van der Waals surface area contributed by atoms with E-state index in [0.717, 1.165) is 42.2 Å². The van der Waals surface area contributed by atoms with E-state index in [9.17, 15) is 14.4 Å². The summed E-state index contributed by atoms with van der Waals surface area (Å²) >= 11 is 1.33. The van der Waals surface area contributed by atoms with E-state index in [2.05, 4.69) is 5.32 Å². The zero-order valence-corrected chi connectivity index (χ0v) is 15.8. The van der Waals surface area contributed by atoms with Crippen LogP contribution in [0, 0.1) is 0 Å². The molecule has 1 aliphatic rings. The Morgan fingerprint density at radius 2 is 2.04 bits per heavy atom. The number of rotatable bonds is 7. The number of benzene rings is 1. The third-order valence-electron chi connectivity index (χ3n) is 4.53. The Labute approximate surface area is 160 Å². The van der Waals surface area contributed by atoms with Gasteiger partial charge in [0.15, 0.2) is 6.61 Å². The number of ether oxygens (including phenoxy) is 1. The van der Waals surface area contributed by atoms with E-state index in [1.807, 2.05) is 6.07 Å². The number of carboxylic acid groups (broad SMARTS) is 1. The molecule has 2 N–H and O–H groups in total. The molecular weight excluding hydrogens is 370 g/mol. The normalized spacial score (nSPS) is 14.4. The van der Waals surface area contributed by atoms with Crippen LogP contribution in [0.3, 0.4) is 0 Å². The monoisotopic (exact) mass is 391 g/mol. The molecule has 0 saturated heterocycles. The van der Waals surface area contributed by atoms with Crippen LogP contribution in [-0.4, -0.2) is 41.6 Å². The number of aliphatic carboxylic acids is 1. The quantitative estimate of drug-likeness (QED) is 0.695. The molecule has 1 aromatic heterocycles. The number of hydrogen-bond donors (Lipinski definition) is 2. The fraction of sp³-hybridized carbons (Fsp3) is 0.421. The van der Waals surface area contributed by atoms with E-state index >= 15 is 0 Å². The Balaban J connectivity index is 1.72. The van der Waals surface area contributed by atoms with Crippen LogP contribution in [0.2, 0.25) is 0 Å². The zero-order valence-electron chi connectivity index (χ0n) is 14.9. The Hall–Kier alpha value is -2.48. The average molecular weight is 391 g/mol. The number of carbonyl (C=O) groups excluding carboxylic acids is 1. The predicted octanol–water partition coefficient (Wildman–Crippen LogP) is 1.98. The topological polar surface area (TPSA) is 106 Å². The highest BCUT2D eigenvalue weighted by Crippen LogP contribution is 2.29. The lowest BCUT2D eigenvalue weighted by molar-refractivity contribution is -0.141. The van der Waals surface area contributed by atoms with Crippen molar-refractivity contribution in [2.45, 2.75) is 31.7 Å². The fourth-order valence-corrected chi connectivity index (χ4v) is 3.80. The van der Waals surface area contributed by atoms with Gasteiger partial charge in [0, 0.05) is 22.8 Å². The molecule has 27 heavy (non-hydrogen) atoms. The number of fused-ring (bicyclic) bond motifs is 3. The Kier molecular flexibility index (Phi) is 6.05. The van der Waals surface area contributed by atoms with Crippen LogP contribution in [0.1, 0.15) is 24.0 Å². The molecule has 1 aromatic carbocycles. The number of amides is 1. The van der Waals surface area contributed by atoms with Gasteiger partial charge in [-0.05, 0) is 49.6 Å². The molecule has 3 rings (SSSR count). The van der Waals surface area contributed by atoms with Crippen LogP contribution in [0.4, 0.5) is 0 Å². The molecule has 144 valence electrons. The Bertz CT molecular complexity index is 922. The van der Waals surface area contributed by atoms with Gasteiger partial charge in [0.05, 0.1) is 0 Å². The average Bonchev–Trinajstić information content (AvgIpc) is 2.66. The second-order valence-electron chi connectivity index (χ2n) is 6.41. The molecular formula is C19H21NO6S. The van der Waals surface area contributed by atoms with E-state index in [1.165, 1.54) is 11.8 Å². The van der Waals surface area contributed by atoms with E-state index in [4.69, 9.17) is 14.3 Å². The van der Waals surface area contributed by atoms with Crippen molar-refractivity contribution in [2.75, 3.05) is 18.6 Å². The number of aryl methyl sites for hydroxylation is 1. The maximum absolute atomic E-state index is 12.2. The standard InChI is InChI=1S/C19H21NO6S/c1-27-10-15(18(22)23)20-17(21)9-25-11-6-7-13-12-4-2-3-5-14(12)19(24)26-16(13)8-11/h6-8,15H,2-5,9-10H2,1H3,(H,20,21)(H,22,23)/t15-/m0/s1. The molecule has 0 unspecified atom stereocenters. The van der Waals surface area contributed by atoms with Gasteiger partial charge in [-0.15, -0.1) is 0 Å². The first kappa shape index (κ1) is 19.3. The van der Waals surface area contributed by atoms with Crippen molar-refractivity contribution in [1.82, 2.24) is 5.32 Å². The minimum absolute atomic E-state index is 0.271. The smallest absolute Gasteiger partial charge is 0.339 e. The van der Waals surface area contributed by atoms with Crippen molar-refractivity contribution in [1.29, 1.82) is 0 Å². The third-order valence-corrected chi connectivity index (χ3v) is 5.20. The lowest BCUT2D eigenvalue weighted by atomic mass is 9.91. The first-order valence-electron chi connectivity index (χ1n) is 8.72. The van der Waals surface area contributed by atoms with Gasteiger partial charge in [-0.2, -0.15) is 11.8 Å². The van der Waals surface area contributed by atoms with Gasteiger partial charge in [-0.25, -0.2) is 9.59 Å². The predicted molar refractivity (Wildman–Crippen MR) is 103 cm³/mol. The number of nitrogens with one attached hydrogen (secondary N) is 1. The first-order chi connectivity index (χ1) is 13.0. The molecule has 0 fully saturated rings. The van der Waals surface area contributed by atoms with Crippen LogP contribution < -0.4 is 15.7 Å². The summed E-state index contributed by atoms with van der Waals surface area (Å²) in [6, 6.07) is 4.19. The van der Waals surface area contributed by atoms with E-state index in [0.29, 0.717) is 11.3 Å². The van der Waals surface area contributed by atoms with Gasteiger partial charge in [-0.1, -0.05) is 0 Å². The number of hydrogen-bond acceptors (Lipinski definition) is 6. The van der Waals surface area contributed by atoms with Crippen molar-refractivity contribution in [2.24, 2.45) is 0 Å². The van der Waals surface area contributed by atoms with Gasteiger partial charge >= 0.3 is 11.6 Å². The molecule has 0 bridgehead atoms. The molecule has 0 saturated carbocycles. The molecule has 0 spiro atoms. The van der Waals surface area contributed by atoms with Crippen molar-refractivity contribution in [3.8, 4) is 5.75 Å². The highest BCUT2D eigenvalue weighted by Gasteiger charge is 2.20. The Morgan fingerprint density at radius 1 is 1.30 bits per heavy atom. The summed E-state index contributed by atoms with van der Waals surface area (Å²) in [6.07, 6.45) is 5.40. The van der Waals surface area contributed by atoms with Crippen molar-refractivity contribution in [3.63, 3.8) is 0 Å². The van der Waals surface area contributed by atoms with Crippen LogP contribution >= 0.6 is 11.8 Å². The van der Waals surface area contributed by atoms with Crippen LogP contribution in [0.25, 0.3) is 11.0 Å². The summed E-state index contributed by atoms with van der Waals surface area (Å²) in [4.78, 5) is 35.2. The van der Waals surface area contributed by atoms with Crippen molar-refractivity contribution in [3.05, 3.63) is 39.7 Å². The highest BCUT2D eigenvalue weighted by atomic mass is 32.2. The molecule has 1 aliphatic carbocycles. The summed E-state index contributed by atoms with van der Waals surface area (Å²) in [5, 5.41) is 12.4. The van der Waals surface area contributed by atoms with Gasteiger partial charge in [0.2, 0.25) is 0 Å². The molecule has 8 heteroatoms. The van der Waals surface area contributed by atoms with E-state index in [1.54, 1.807) is 18.4 Å². The summed E-state index contributed by atoms with van der Waals surface area (Å²) in [7, 11) is 0. The van der Waals surface area contributed by atoms with Gasteiger partial charge in [-0.3, -0.25) is 4.79 Å². The van der Waals surface area contributed by atoms with Gasteiger partial charge in [0.25, 0.3) is 5.91 Å². The summed E-state index contributed by atoms with van der Waals surface area (Å²) < 4.78 is 10.9. The zero-order chi connectivity index (χ0) is 19.4. The van der Waals surface area contributed by atoms with E-state index in [-0.39, 0.29) is 18.0 Å². The van der Waals surface area contributed by atoms with Gasteiger partial charge < -0.3 is 19.6 Å². The minimum Gasteiger partial charge on any atom is -0.484 e. The second kappa shape index (κ2) is 8.47. The maximum Gasteiger partial charge on any atom is 0.339 e. The molecule has 1 heterocycles. The summed E-state index contributed by atoms with van der Waals surface area (Å²) in [5.74, 6) is -0.959. The molecule has 0 radical (unpaired) electrons. The summed E-state index contributed by atoms with van der Waals surface area (Å²) in [5.41, 5.74) is 1.92. The molecule has 1 amide bonds. The van der Waals surface area contributed by atoms with E-state index < -0.39 is 17.9 Å². The SMILES string of the molecule is CSC[C@H](NC(=O)COc1ccc2c3c(c(=O)oc2c1)CCCC3)C(=O)O.